The minimum absolute atomic E-state index is 0.00610. The highest BCUT2D eigenvalue weighted by atomic mass is 35.5. The first kappa shape index (κ1) is 22.3. The van der Waals surface area contributed by atoms with Gasteiger partial charge in [0.1, 0.15) is 17.3 Å². The third-order valence-electron chi connectivity index (χ3n) is 6.05. The van der Waals surface area contributed by atoms with Gasteiger partial charge in [0.25, 0.3) is 0 Å². The van der Waals surface area contributed by atoms with Gasteiger partial charge in [-0.15, -0.1) is 0 Å². The summed E-state index contributed by atoms with van der Waals surface area (Å²) in [5.74, 6) is 0.462. The summed E-state index contributed by atoms with van der Waals surface area (Å²) in [5, 5.41) is 3.73. The summed E-state index contributed by atoms with van der Waals surface area (Å²) in [5.41, 5.74) is 2.94. The molecule has 174 valence electrons. The van der Waals surface area contributed by atoms with E-state index < -0.39 is 0 Å². The van der Waals surface area contributed by atoms with Crippen molar-refractivity contribution in [3.05, 3.63) is 83.5 Å². The van der Waals surface area contributed by atoms with Gasteiger partial charge < -0.3 is 10.2 Å². The third-order valence-corrected chi connectivity index (χ3v) is 6.41. The smallest absolute Gasteiger partial charge is 0.242 e. The third kappa shape index (κ3) is 4.60. The van der Waals surface area contributed by atoms with Crippen LogP contribution in [-0.2, 0) is 11.3 Å². The quantitative estimate of drug-likeness (QED) is 0.454. The molecule has 0 bridgehead atoms. The number of rotatable bonds is 6. The summed E-state index contributed by atoms with van der Waals surface area (Å²) in [4.78, 5) is 25.8. The lowest BCUT2D eigenvalue weighted by molar-refractivity contribution is -0.131. The van der Waals surface area contributed by atoms with Crippen LogP contribution in [0.2, 0.25) is 5.02 Å². The van der Waals surface area contributed by atoms with Crippen molar-refractivity contribution in [2.75, 3.05) is 38.0 Å². The van der Waals surface area contributed by atoms with Crippen LogP contribution in [-0.4, -0.2) is 62.8 Å². The summed E-state index contributed by atoms with van der Waals surface area (Å²) in [6.45, 7) is 3.06. The van der Waals surface area contributed by atoms with Gasteiger partial charge in [-0.25, -0.2) is 9.37 Å². The van der Waals surface area contributed by atoms with Gasteiger partial charge in [0.05, 0.1) is 12.7 Å². The molecule has 1 saturated heterocycles. The Morgan fingerprint density at radius 3 is 2.62 bits per heavy atom. The Hall–Kier alpha value is -3.49. The molecule has 2 aromatic carbocycles. The number of halogens is 2. The minimum atomic E-state index is -0.298. The normalized spacial score (nSPS) is 14.5. The summed E-state index contributed by atoms with van der Waals surface area (Å²) in [7, 11) is 0. The van der Waals surface area contributed by atoms with Crippen molar-refractivity contribution in [3.63, 3.8) is 0 Å². The molecule has 0 radical (unpaired) electrons. The molecule has 2 aromatic heterocycles. The number of carbonyl (C=O) groups is 1. The molecule has 0 atom stereocenters. The van der Waals surface area contributed by atoms with E-state index in [1.54, 1.807) is 24.5 Å². The molecular weight excluding hydrogens is 455 g/mol. The largest absolute Gasteiger partial charge is 0.360 e. The number of benzene rings is 2. The molecule has 1 aliphatic heterocycles. The number of hydrogen-bond acceptors (Lipinski definition) is 5. The van der Waals surface area contributed by atoms with Crippen LogP contribution >= 0.6 is 11.6 Å². The highest BCUT2D eigenvalue weighted by Crippen LogP contribution is 2.28. The molecule has 0 unspecified atom stereocenters. The molecule has 5 rings (SSSR count). The molecule has 0 spiro atoms. The fraction of sp³-hybridized carbons (Fsp3) is 0.240. The highest BCUT2D eigenvalue weighted by Gasteiger charge is 2.23. The predicted octanol–water partition coefficient (Wildman–Crippen LogP) is 3.95. The van der Waals surface area contributed by atoms with Gasteiger partial charge in [0, 0.05) is 61.3 Å². The van der Waals surface area contributed by atoms with Gasteiger partial charge >= 0.3 is 0 Å². The molecule has 0 aliphatic carbocycles. The van der Waals surface area contributed by atoms with E-state index >= 15 is 0 Å². The van der Waals surface area contributed by atoms with Crippen molar-refractivity contribution >= 4 is 29.0 Å². The zero-order valence-corrected chi connectivity index (χ0v) is 19.2. The predicted molar refractivity (Wildman–Crippen MR) is 130 cm³/mol. The van der Waals surface area contributed by atoms with Crippen LogP contribution in [0.3, 0.4) is 0 Å². The van der Waals surface area contributed by atoms with Gasteiger partial charge in [-0.1, -0.05) is 48.0 Å². The van der Waals surface area contributed by atoms with Crippen LogP contribution < -0.4 is 5.32 Å². The van der Waals surface area contributed by atoms with E-state index in [4.69, 9.17) is 16.6 Å². The maximum atomic E-state index is 14.1. The van der Waals surface area contributed by atoms with E-state index in [1.807, 2.05) is 45.8 Å². The Labute approximate surface area is 201 Å². The van der Waals surface area contributed by atoms with Crippen molar-refractivity contribution in [1.82, 2.24) is 24.2 Å². The van der Waals surface area contributed by atoms with Crippen molar-refractivity contribution in [3.8, 4) is 11.3 Å². The van der Waals surface area contributed by atoms with Gasteiger partial charge in [0.15, 0.2) is 5.65 Å². The van der Waals surface area contributed by atoms with Gasteiger partial charge in [-0.05, 0) is 12.1 Å². The van der Waals surface area contributed by atoms with Gasteiger partial charge in [0.2, 0.25) is 5.91 Å². The minimum Gasteiger partial charge on any atom is -0.360 e. The van der Waals surface area contributed by atoms with E-state index in [2.05, 4.69) is 15.2 Å². The monoisotopic (exact) mass is 478 g/mol. The molecule has 1 amide bonds. The Kier molecular flexibility index (Phi) is 6.42. The molecule has 0 saturated carbocycles. The number of fused-ring (bicyclic) bond motifs is 1. The molecule has 3 heterocycles. The van der Waals surface area contributed by atoms with Crippen molar-refractivity contribution in [1.29, 1.82) is 0 Å². The van der Waals surface area contributed by atoms with Crippen molar-refractivity contribution < 1.29 is 9.18 Å². The van der Waals surface area contributed by atoms with E-state index in [1.165, 1.54) is 6.07 Å². The Balaban J connectivity index is 1.24. The molecule has 9 heteroatoms. The van der Waals surface area contributed by atoms with Crippen LogP contribution in [0.25, 0.3) is 16.9 Å². The Bertz CT molecular complexity index is 1280. The van der Waals surface area contributed by atoms with Crippen LogP contribution in [0, 0.1) is 5.82 Å². The number of hydrogen-bond donors (Lipinski definition) is 1. The summed E-state index contributed by atoms with van der Waals surface area (Å²) in [6, 6.07) is 14.6. The Morgan fingerprint density at radius 1 is 1.06 bits per heavy atom. The number of carbonyl (C=O) groups excluding carboxylic acids is 1. The first-order chi connectivity index (χ1) is 16.6. The lowest BCUT2D eigenvalue weighted by Crippen LogP contribution is -2.49. The average molecular weight is 479 g/mol. The molecule has 4 aromatic rings. The molecular formula is C25H24ClFN6O. The SMILES string of the molecule is O=C(CNc1c(-c2ccccc2)nc2cnccn12)N1CCN(Cc2c(F)cccc2Cl)CC1. The molecule has 1 N–H and O–H groups in total. The number of aromatic nitrogens is 3. The molecule has 1 fully saturated rings. The number of nitrogens with zero attached hydrogens (tertiary/aromatic N) is 5. The summed E-state index contributed by atoms with van der Waals surface area (Å²) in [6.07, 6.45) is 5.21. The molecule has 1 aliphatic rings. The number of amides is 1. The van der Waals surface area contributed by atoms with E-state index in [0.29, 0.717) is 49.0 Å². The second kappa shape index (κ2) is 9.79. The second-order valence-corrected chi connectivity index (χ2v) is 8.60. The van der Waals surface area contributed by atoms with E-state index in [-0.39, 0.29) is 18.3 Å². The average Bonchev–Trinajstić information content (AvgIpc) is 3.24. The zero-order chi connectivity index (χ0) is 23.5. The Morgan fingerprint density at radius 2 is 1.85 bits per heavy atom. The van der Waals surface area contributed by atoms with Gasteiger partial charge in [-0.2, -0.15) is 0 Å². The molecule has 7 nitrogen and oxygen atoms in total. The topological polar surface area (TPSA) is 65.8 Å². The fourth-order valence-electron chi connectivity index (χ4n) is 4.21. The highest BCUT2D eigenvalue weighted by molar-refractivity contribution is 6.31. The number of nitrogens with one attached hydrogen (secondary N) is 1. The van der Waals surface area contributed by atoms with Crippen LogP contribution in [0.4, 0.5) is 10.2 Å². The second-order valence-electron chi connectivity index (χ2n) is 8.19. The maximum absolute atomic E-state index is 14.1. The first-order valence-electron chi connectivity index (χ1n) is 11.1. The van der Waals surface area contributed by atoms with E-state index in [0.717, 1.165) is 17.1 Å². The van der Waals surface area contributed by atoms with E-state index in [9.17, 15) is 9.18 Å². The maximum Gasteiger partial charge on any atom is 0.242 e. The lowest BCUT2D eigenvalue weighted by Gasteiger charge is -2.35. The number of anilines is 1. The number of piperazine rings is 1. The van der Waals surface area contributed by atoms with Crippen LogP contribution in [0.15, 0.2) is 67.1 Å². The molecule has 34 heavy (non-hydrogen) atoms. The van der Waals surface area contributed by atoms with Crippen molar-refractivity contribution in [2.24, 2.45) is 0 Å². The van der Waals surface area contributed by atoms with Crippen LogP contribution in [0.1, 0.15) is 5.56 Å². The standard InChI is InChI=1S/C25H24ClFN6O/c26-20-7-4-8-21(27)19(20)17-31-11-13-32(14-12-31)23(34)16-29-25-24(18-5-2-1-3-6-18)30-22-15-28-9-10-33(22)25/h1-10,15,29H,11-14,16-17H2. The van der Waals surface area contributed by atoms with Gasteiger partial charge in [-0.3, -0.25) is 19.1 Å². The lowest BCUT2D eigenvalue weighted by atomic mass is 10.1. The zero-order valence-electron chi connectivity index (χ0n) is 18.5. The number of imidazole rings is 1. The summed E-state index contributed by atoms with van der Waals surface area (Å²) < 4.78 is 16.0. The fourth-order valence-corrected chi connectivity index (χ4v) is 4.43. The van der Waals surface area contributed by atoms with Crippen molar-refractivity contribution in [2.45, 2.75) is 6.54 Å². The first-order valence-corrected chi connectivity index (χ1v) is 11.5. The van der Waals surface area contributed by atoms with Crippen LogP contribution in [0.5, 0.6) is 0 Å². The summed E-state index contributed by atoms with van der Waals surface area (Å²) >= 11 is 6.17.